The van der Waals surface area contributed by atoms with E-state index in [9.17, 15) is 4.79 Å². The van der Waals surface area contributed by atoms with E-state index < -0.39 is 0 Å². The number of rotatable bonds is 4. The summed E-state index contributed by atoms with van der Waals surface area (Å²) in [5.41, 5.74) is 1.85. The summed E-state index contributed by atoms with van der Waals surface area (Å²) in [5.74, 6) is 0. The molecular formula is C7H9BrN2O2. The first-order valence-electron chi connectivity index (χ1n) is 3.45. The number of halogens is 1. The molecule has 1 unspecified atom stereocenters. The van der Waals surface area contributed by atoms with Crippen molar-refractivity contribution in [2.75, 3.05) is 6.61 Å². The summed E-state index contributed by atoms with van der Waals surface area (Å²) in [5, 5.41) is 0. The Morgan fingerprint density at radius 1 is 1.92 bits per heavy atom. The van der Waals surface area contributed by atoms with Crippen molar-refractivity contribution in [3.05, 3.63) is 17.7 Å². The van der Waals surface area contributed by atoms with Gasteiger partial charge in [-0.2, -0.15) is 0 Å². The van der Waals surface area contributed by atoms with Crippen LogP contribution >= 0.6 is 15.9 Å². The standard InChI is InChI=1S/C7H9BrN2O2/c1-5-7(10-3-9-5)6(8)2-12-4-11/h3-4,6H,2H2,1H3,(H,9,10). The highest BCUT2D eigenvalue weighted by Crippen LogP contribution is 2.22. The van der Waals surface area contributed by atoms with E-state index in [1.807, 2.05) is 6.92 Å². The van der Waals surface area contributed by atoms with Crippen molar-refractivity contribution < 1.29 is 9.53 Å². The molecule has 0 radical (unpaired) electrons. The highest BCUT2D eigenvalue weighted by Gasteiger charge is 2.11. The molecule has 1 aromatic rings. The smallest absolute Gasteiger partial charge is 0.293 e. The van der Waals surface area contributed by atoms with Gasteiger partial charge in [0.25, 0.3) is 6.47 Å². The van der Waals surface area contributed by atoms with Crippen LogP contribution in [0.4, 0.5) is 0 Å². The maximum absolute atomic E-state index is 9.89. The molecule has 4 nitrogen and oxygen atoms in total. The number of nitrogens with one attached hydrogen (secondary N) is 1. The first-order valence-corrected chi connectivity index (χ1v) is 4.36. The monoisotopic (exact) mass is 232 g/mol. The quantitative estimate of drug-likeness (QED) is 0.630. The third-order valence-corrected chi connectivity index (χ3v) is 2.21. The molecule has 1 atom stereocenters. The van der Waals surface area contributed by atoms with Crippen LogP contribution in [0, 0.1) is 6.92 Å². The molecule has 1 aromatic heterocycles. The molecule has 0 bridgehead atoms. The van der Waals surface area contributed by atoms with Crippen molar-refractivity contribution in [3.63, 3.8) is 0 Å². The zero-order valence-corrected chi connectivity index (χ0v) is 8.17. The lowest BCUT2D eigenvalue weighted by Crippen LogP contribution is -2.02. The molecule has 66 valence electrons. The van der Waals surface area contributed by atoms with Crippen molar-refractivity contribution >= 4 is 22.4 Å². The van der Waals surface area contributed by atoms with Gasteiger partial charge in [0.05, 0.1) is 22.5 Å². The van der Waals surface area contributed by atoms with Crippen LogP contribution in [0.25, 0.3) is 0 Å². The number of hydrogen-bond acceptors (Lipinski definition) is 3. The topological polar surface area (TPSA) is 55.0 Å². The van der Waals surface area contributed by atoms with Gasteiger partial charge in [-0.25, -0.2) is 4.98 Å². The summed E-state index contributed by atoms with van der Waals surface area (Å²) < 4.78 is 4.60. The fraction of sp³-hybridized carbons (Fsp3) is 0.429. The van der Waals surface area contributed by atoms with Crippen LogP contribution in [0.1, 0.15) is 16.2 Å². The summed E-state index contributed by atoms with van der Waals surface area (Å²) in [6, 6.07) is 0. The van der Waals surface area contributed by atoms with Gasteiger partial charge >= 0.3 is 0 Å². The molecule has 0 spiro atoms. The molecule has 0 fully saturated rings. The Morgan fingerprint density at radius 2 is 2.67 bits per heavy atom. The van der Waals surface area contributed by atoms with Crippen LogP contribution in [-0.4, -0.2) is 23.0 Å². The van der Waals surface area contributed by atoms with E-state index in [0.717, 1.165) is 11.4 Å². The average Bonchev–Trinajstić information content (AvgIpc) is 2.47. The minimum atomic E-state index is -0.00907. The number of aromatic nitrogens is 2. The van der Waals surface area contributed by atoms with Crippen LogP contribution in [0.2, 0.25) is 0 Å². The van der Waals surface area contributed by atoms with Crippen LogP contribution in [0.5, 0.6) is 0 Å². The van der Waals surface area contributed by atoms with E-state index >= 15 is 0 Å². The lowest BCUT2D eigenvalue weighted by atomic mass is 10.3. The van der Waals surface area contributed by atoms with Gasteiger partial charge in [0, 0.05) is 0 Å². The highest BCUT2D eigenvalue weighted by atomic mass is 79.9. The molecule has 0 saturated carbocycles. The summed E-state index contributed by atoms with van der Waals surface area (Å²) in [7, 11) is 0. The van der Waals surface area contributed by atoms with E-state index in [0.29, 0.717) is 13.1 Å². The zero-order valence-electron chi connectivity index (χ0n) is 6.58. The fourth-order valence-corrected chi connectivity index (χ4v) is 1.51. The number of nitrogens with zero attached hydrogens (tertiary/aromatic N) is 1. The van der Waals surface area contributed by atoms with E-state index in [1.54, 1.807) is 6.33 Å². The Bertz CT molecular complexity index is 262. The molecule has 0 amide bonds. The first-order chi connectivity index (χ1) is 5.75. The van der Waals surface area contributed by atoms with Gasteiger partial charge in [-0.1, -0.05) is 15.9 Å². The lowest BCUT2D eigenvalue weighted by molar-refractivity contribution is -0.128. The van der Waals surface area contributed by atoms with Gasteiger partial charge in [0.1, 0.15) is 6.61 Å². The molecule has 0 aliphatic heterocycles. The number of carbonyl (C=O) groups excluding carboxylic acids is 1. The average molecular weight is 233 g/mol. The Balaban J connectivity index is 2.58. The van der Waals surface area contributed by atoms with E-state index in [4.69, 9.17) is 0 Å². The van der Waals surface area contributed by atoms with Crippen LogP contribution in [0.15, 0.2) is 6.33 Å². The highest BCUT2D eigenvalue weighted by molar-refractivity contribution is 9.09. The van der Waals surface area contributed by atoms with Crippen LogP contribution in [-0.2, 0) is 9.53 Å². The number of ether oxygens (including phenoxy) is 1. The van der Waals surface area contributed by atoms with Gasteiger partial charge in [0.15, 0.2) is 0 Å². The predicted octanol–water partition coefficient (Wildman–Crippen LogP) is 1.33. The van der Waals surface area contributed by atoms with Gasteiger partial charge in [0.2, 0.25) is 0 Å². The molecular weight excluding hydrogens is 224 g/mol. The maximum Gasteiger partial charge on any atom is 0.293 e. The molecule has 1 rings (SSSR count). The van der Waals surface area contributed by atoms with E-state index in [-0.39, 0.29) is 4.83 Å². The number of aromatic amines is 1. The van der Waals surface area contributed by atoms with Crippen molar-refractivity contribution in [2.24, 2.45) is 0 Å². The Labute approximate surface area is 78.5 Å². The van der Waals surface area contributed by atoms with Crippen molar-refractivity contribution in [1.29, 1.82) is 0 Å². The largest absolute Gasteiger partial charge is 0.466 e. The molecule has 1 N–H and O–H groups in total. The van der Waals surface area contributed by atoms with Crippen LogP contribution < -0.4 is 0 Å². The van der Waals surface area contributed by atoms with E-state index in [1.165, 1.54) is 0 Å². The van der Waals surface area contributed by atoms with Gasteiger partial charge in [-0.05, 0) is 6.92 Å². The number of carbonyl (C=O) groups is 1. The lowest BCUT2D eigenvalue weighted by Gasteiger charge is -2.06. The van der Waals surface area contributed by atoms with Crippen molar-refractivity contribution in [3.8, 4) is 0 Å². The third kappa shape index (κ3) is 2.07. The summed E-state index contributed by atoms with van der Waals surface area (Å²) in [4.78, 5) is 16.9. The van der Waals surface area contributed by atoms with Gasteiger partial charge in [-0.15, -0.1) is 0 Å². The summed E-state index contributed by atoms with van der Waals surface area (Å²) in [6.45, 7) is 2.63. The molecule has 0 saturated heterocycles. The van der Waals surface area contributed by atoms with Gasteiger partial charge in [-0.3, -0.25) is 4.79 Å². The molecule has 0 aromatic carbocycles. The molecule has 12 heavy (non-hydrogen) atoms. The predicted molar refractivity (Wildman–Crippen MR) is 47.0 cm³/mol. The molecule has 5 heteroatoms. The van der Waals surface area contributed by atoms with Crippen molar-refractivity contribution in [1.82, 2.24) is 9.97 Å². The van der Waals surface area contributed by atoms with Gasteiger partial charge < -0.3 is 9.72 Å². The fourth-order valence-electron chi connectivity index (χ4n) is 0.897. The summed E-state index contributed by atoms with van der Waals surface area (Å²) in [6.07, 6.45) is 1.61. The molecule has 0 aliphatic carbocycles. The third-order valence-electron chi connectivity index (χ3n) is 1.49. The molecule has 1 heterocycles. The number of hydrogen-bond donors (Lipinski definition) is 1. The number of aryl methyl sites for hydroxylation is 1. The Kier molecular flexibility index (Phi) is 3.28. The first kappa shape index (κ1) is 9.25. The molecule has 0 aliphatic rings. The second-order valence-electron chi connectivity index (χ2n) is 2.30. The minimum Gasteiger partial charge on any atom is -0.466 e. The summed E-state index contributed by atoms with van der Waals surface area (Å²) >= 11 is 3.36. The second kappa shape index (κ2) is 4.25. The van der Waals surface area contributed by atoms with Crippen molar-refractivity contribution in [2.45, 2.75) is 11.8 Å². The number of imidazole rings is 1. The second-order valence-corrected chi connectivity index (χ2v) is 3.40. The Hall–Kier alpha value is -0.840. The normalized spacial score (nSPS) is 12.5. The Morgan fingerprint density at radius 3 is 3.17 bits per heavy atom. The minimum absolute atomic E-state index is 0.00907. The number of H-pyrrole nitrogens is 1. The number of alkyl halides is 1. The van der Waals surface area contributed by atoms with E-state index in [2.05, 4.69) is 30.6 Å². The van der Waals surface area contributed by atoms with Crippen LogP contribution in [0.3, 0.4) is 0 Å². The zero-order chi connectivity index (χ0) is 8.97. The maximum atomic E-state index is 9.89. The SMILES string of the molecule is Cc1nc[nH]c1C(Br)COC=O.